The summed E-state index contributed by atoms with van der Waals surface area (Å²) in [5.41, 5.74) is 0.209. The van der Waals surface area contributed by atoms with Gasteiger partial charge in [0.25, 0.3) is 17.1 Å². The van der Waals surface area contributed by atoms with Crippen molar-refractivity contribution in [2.24, 2.45) is 0 Å². The van der Waals surface area contributed by atoms with E-state index >= 15 is 0 Å². The van der Waals surface area contributed by atoms with Gasteiger partial charge < -0.3 is 10.1 Å². The second-order valence-corrected chi connectivity index (χ2v) is 7.92. The van der Waals surface area contributed by atoms with Crippen LogP contribution in [-0.4, -0.2) is 41.6 Å². The number of halogens is 3. The minimum Gasteiger partial charge on any atom is -0.483 e. The molecule has 0 saturated carbocycles. The van der Waals surface area contributed by atoms with Gasteiger partial charge in [0.2, 0.25) is 0 Å². The minimum absolute atomic E-state index is 0.0256. The fraction of sp³-hybridized carbons (Fsp3) is 0.150. The van der Waals surface area contributed by atoms with E-state index in [2.05, 4.69) is 21.2 Å². The lowest BCUT2D eigenvalue weighted by atomic mass is 10.2. The van der Waals surface area contributed by atoms with E-state index in [1.807, 2.05) is 0 Å². The number of nitrogens with one attached hydrogen (secondary N) is 1. The van der Waals surface area contributed by atoms with E-state index in [4.69, 9.17) is 4.74 Å². The molecule has 0 bridgehead atoms. The third kappa shape index (κ3) is 5.45. The Kier molecular flexibility index (Phi) is 7.22. The lowest BCUT2D eigenvalue weighted by Crippen LogP contribution is -2.38. The van der Waals surface area contributed by atoms with Gasteiger partial charge in [-0.15, -0.1) is 0 Å². The summed E-state index contributed by atoms with van der Waals surface area (Å²) in [5.74, 6) is -1.66. The zero-order valence-corrected chi connectivity index (χ0v) is 17.8. The van der Waals surface area contributed by atoms with Crippen LogP contribution in [-0.2, 0) is 9.59 Å². The monoisotopic (exact) mass is 496 g/mol. The summed E-state index contributed by atoms with van der Waals surface area (Å²) in [7, 11) is 0. The van der Waals surface area contributed by atoms with Crippen LogP contribution in [0.1, 0.15) is 5.56 Å². The normalized spacial score (nSPS) is 15.0. The molecule has 0 aliphatic carbocycles. The van der Waals surface area contributed by atoms with Gasteiger partial charge in [-0.05, 0) is 58.0 Å². The van der Waals surface area contributed by atoms with Crippen LogP contribution in [0.25, 0.3) is 6.08 Å². The zero-order valence-electron chi connectivity index (χ0n) is 15.4. The molecule has 6 nitrogen and oxygen atoms in total. The number of amides is 3. The number of thioether (sulfide) groups is 1. The van der Waals surface area contributed by atoms with Crippen molar-refractivity contribution in [2.45, 2.75) is 0 Å². The van der Waals surface area contributed by atoms with E-state index < -0.39 is 28.7 Å². The van der Waals surface area contributed by atoms with Crippen molar-refractivity contribution in [3.8, 4) is 5.75 Å². The number of benzene rings is 2. The molecule has 0 unspecified atom stereocenters. The number of carbonyl (C=O) groups excluding carboxylic acids is 3. The van der Waals surface area contributed by atoms with E-state index in [0.717, 1.165) is 4.90 Å². The molecule has 0 radical (unpaired) electrons. The molecule has 10 heteroatoms. The van der Waals surface area contributed by atoms with Crippen molar-refractivity contribution in [3.63, 3.8) is 0 Å². The van der Waals surface area contributed by atoms with Crippen LogP contribution in [0.5, 0.6) is 5.75 Å². The van der Waals surface area contributed by atoms with Crippen LogP contribution in [0.4, 0.5) is 13.6 Å². The van der Waals surface area contributed by atoms with E-state index in [1.165, 1.54) is 42.5 Å². The highest BCUT2D eigenvalue weighted by Gasteiger charge is 2.34. The molecule has 1 fully saturated rings. The molecule has 3 rings (SSSR count). The standard InChI is InChI=1S/C20H15BrF2N2O4S/c21-14-10-13(22)5-6-16(14)29-11-18(26)24-7-8-25-19(27)17(30-20(25)28)9-12-3-1-2-4-15(12)23/h1-6,9-10H,7-8,11H2,(H,24,26)/b17-9-. The first-order chi connectivity index (χ1) is 14.3. The maximum absolute atomic E-state index is 13.8. The fourth-order valence-corrected chi connectivity index (χ4v) is 3.84. The average molecular weight is 497 g/mol. The molecule has 2 aromatic rings. The maximum atomic E-state index is 13.8. The predicted molar refractivity (Wildman–Crippen MR) is 112 cm³/mol. The third-order valence-electron chi connectivity index (χ3n) is 3.98. The fourth-order valence-electron chi connectivity index (χ4n) is 2.52. The maximum Gasteiger partial charge on any atom is 0.293 e. The SMILES string of the molecule is O=C(COc1ccc(F)cc1Br)NCCN1C(=O)S/C(=C\c2ccccc2F)C1=O. The molecule has 0 aromatic heterocycles. The molecule has 2 aromatic carbocycles. The first-order valence-electron chi connectivity index (χ1n) is 8.69. The quantitative estimate of drug-likeness (QED) is 0.587. The van der Waals surface area contributed by atoms with Crippen molar-refractivity contribution < 1.29 is 27.9 Å². The number of rotatable bonds is 7. The van der Waals surface area contributed by atoms with Gasteiger partial charge in [0.15, 0.2) is 6.61 Å². The molecule has 30 heavy (non-hydrogen) atoms. The Hall–Kier alpha value is -2.72. The van der Waals surface area contributed by atoms with E-state index in [9.17, 15) is 23.2 Å². The Morgan fingerprint density at radius 3 is 2.70 bits per heavy atom. The molecule has 3 amide bonds. The van der Waals surface area contributed by atoms with Gasteiger partial charge in [-0.2, -0.15) is 0 Å². The van der Waals surface area contributed by atoms with Crippen molar-refractivity contribution in [1.29, 1.82) is 0 Å². The number of hydrogen-bond acceptors (Lipinski definition) is 5. The van der Waals surface area contributed by atoms with Crippen LogP contribution in [0, 0.1) is 11.6 Å². The number of ether oxygens (including phenoxy) is 1. The molecular weight excluding hydrogens is 482 g/mol. The molecule has 1 aliphatic heterocycles. The lowest BCUT2D eigenvalue weighted by molar-refractivity contribution is -0.125. The summed E-state index contributed by atoms with van der Waals surface area (Å²) in [6, 6.07) is 9.71. The van der Waals surface area contributed by atoms with Crippen LogP contribution >= 0.6 is 27.7 Å². The number of imide groups is 1. The summed E-state index contributed by atoms with van der Waals surface area (Å²) < 4.78 is 32.5. The third-order valence-corrected chi connectivity index (χ3v) is 5.50. The smallest absolute Gasteiger partial charge is 0.293 e. The second-order valence-electron chi connectivity index (χ2n) is 6.07. The first-order valence-corrected chi connectivity index (χ1v) is 10.3. The van der Waals surface area contributed by atoms with Crippen molar-refractivity contribution >= 4 is 50.8 Å². The van der Waals surface area contributed by atoms with Gasteiger partial charge in [0.1, 0.15) is 17.4 Å². The summed E-state index contributed by atoms with van der Waals surface area (Å²) in [6.45, 7) is -0.331. The molecule has 1 aliphatic rings. The van der Waals surface area contributed by atoms with Crippen LogP contribution < -0.4 is 10.1 Å². The van der Waals surface area contributed by atoms with Crippen molar-refractivity contribution in [1.82, 2.24) is 10.2 Å². The summed E-state index contributed by atoms with van der Waals surface area (Å²) >= 11 is 3.85. The van der Waals surface area contributed by atoms with Gasteiger partial charge >= 0.3 is 0 Å². The summed E-state index contributed by atoms with van der Waals surface area (Å²) in [6.07, 6.45) is 1.33. The zero-order chi connectivity index (χ0) is 21.7. The predicted octanol–water partition coefficient (Wildman–Crippen LogP) is 3.96. The molecule has 156 valence electrons. The van der Waals surface area contributed by atoms with E-state index in [-0.39, 0.29) is 30.2 Å². The van der Waals surface area contributed by atoms with Gasteiger partial charge in [-0.1, -0.05) is 18.2 Å². The van der Waals surface area contributed by atoms with E-state index in [0.29, 0.717) is 22.0 Å². The molecule has 1 heterocycles. The molecule has 0 spiro atoms. The Morgan fingerprint density at radius 1 is 1.20 bits per heavy atom. The highest BCUT2D eigenvalue weighted by atomic mass is 79.9. The second kappa shape index (κ2) is 9.86. The first kappa shape index (κ1) is 22.0. The van der Waals surface area contributed by atoms with Crippen molar-refractivity contribution in [2.75, 3.05) is 19.7 Å². The lowest BCUT2D eigenvalue weighted by Gasteiger charge is -2.13. The van der Waals surface area contributed by atoms with Crippen LogP contribution in [0.2, 0.25) is 0 Å². The highest BCUT2D eigenvalue weighted by Crippen LogP contribution is 2.32. The molecule has 0 atom stereocenters. The Balaban J connectivity index is 1.49. The minimum atomic E-state index is -0.547. The summed E-state index contributed by atoms with van der Waals surface area (Å²) in [4.78, 5) is 37.5. The highest BCUT2D eigenvalue weighted by molar-refractivity contribution is 9.10. The number of nitrogens with zero attached hydrogens (tertiary/aromatic N) is 1. The van der Waals surface area contributed by atoms with Gasteiger partial charge in [0.05, 0.1) is 9.38 Å². The Bertz CT molecular complexity index is 1030. The van der Waals surface area contributed by atoms with Crippen molar-refractivity contribution in [3.05, 3.63) is 69.0 Å². The largest absolute Gasteiger partial charge is 0.483 e. The molecular formula is C20H15BrF2N2O4S. The molecule has 1 saturated heterocycles. The number of hydrogen-bond donors (Lipinski definition) is 1. The Labute approximate surface area is 183 Å². The number of carbonyl (C=O) groups is 3. The summed E-state index contributed by atoms with van der Waals surface area (Å²) in [5, 5.41) is 2.04. The average Bonchev–Trinajstić information content (AvgIpc) is 2.96. The van der Waals surface area contributed by atoms with E-state index in [1.54, 1.807) is 6.07 Å². The topological polar surface area (TPSA) is 75.7 Å². The van der Waals surface area contributed by atoms with Gasteiger partial charge in [0, 0.05) is 18.7 Å². The van der Waals surface area contributed by atoms with Crippen LogP contribution in [0.3, 0.4) is 0 Å². The van der Waals surface area contributed by atoms with Gasteiger partial charge in [-0.25, -0.2) is 8.78 Å². The molecule has 1 N–H and O–H groups in total. The van der Waals surface area contributed by atoms with Gasteiger partial charge in [-0.3, -0.25) is 19.3 Å². The Morgan fingerprint density at radius 2 is 1.97 bits per heavy atom. The van der Waals surface area contributed by atoms with Crippen LogP contribution in [0.15, 0.2) is 51.8 Å².